The molecule has 0 spiro atoms. The molecule has 0 saturated carbocycles. The normalized spacial score (nSPS) is 11.4. The van der Waals surface area contributed by atoms with Crippen molar-refractivity contribution >= 4 is 27.6 Å². The topological polar surface area (TPSA) is 94.6 Å². The van der Waals surface area contributed by atoms with E-state index in [1.54, 1.807) is 24.8 Å². The Hall–Kier alpha value is -5.89. The summed E-state index contributed by atoms with van der Waals surface area (Å²) in [5.74, 6) is 1.71. The van der Waals surface area contributed by atoms with Crippen molar-refractivity contribution in [3.63, 3.8) is 0 Å². The van der Waals surface area contributed by atoms with Gasteiger partial charge in [-0.3, -0.25) is 14.4 Å². The van der Waals surface area contributed by atoms with Crippen molar-refractivity contribution in [1.29, 1.82) is 0 Å². The van der Waals surface area contributed by atoms with Gasteiger partial charge >= 0.3 is 0 Å². The molecule has 8 aromatic rings. The number of hydrogen-bond donors (Lipinski definition) is 0. The van der Waals surface area contributed by atoms with Crippen molar-refractivity contribution < 1.29 is 0 Å². The van der Waals surface area contributed by atoms with E-state index in [4.69, 9.17) is 24.9 Å². The van der Waals surface area contributed by atoms with E-state index in [1.807, 2.05) is 77.3 Å². The molecule has 0 bridgehead atoms. The largest absolute Gasteiger partial charge is 0.284 e. The van der Waals surface area contributed by atoms with E-state index in [9.17, 15) is 0 Å². The molecule has 8 heteroatoms. The van der Waals surface area contributed by atoms with E-state index in [1.165, 1.54) is 0 Å². The maximum Gasteiger partial charge on any atom is 0.165 e. The Balaban J connectivity index is 1.27. The highest BCUT2D eigenvalue weighted by molar-refractivity contribution is 6.09. The minimum atomic E-state index is 0.560. The summed E-state index contributed by atoms with van der Waals surface area (Å²) < 4.78 is 2.03. The molecule has 0 atom stereocenters. The highest BCUT2D eigenvalue weighted by Gasteiger charge is 2.16. The van der Waals surface area contributed by atoms with Crippen LogP contribution in [0.1, 0.15) is 0 Å². The molecule has 0 radical (unpaired) electrons. The zero-order valence-corrected chi connectivity index (χ0v) is 21.6. The van der Waals surface area contributed by atoms with Gasteiger partial charge in [0.05, 0.1) is 5.69 Å². The average molecular weight is 529 g/mol. The first-order valence-corrected chi connectivity index (χ1v) is 13.1. The zero-order chi connectivity index (χ0) is 27.2. The molecule has 0 N–H and O–H groups in total. The van der Waals surface area contributed by atoms with Gasteiger partial charge in [0, 0.05) is 64.0 Å². The van der Waals surface area contributed by atoms with Crippen LogP contribution in [0.3, 0.4) is 0 Å². The van der Waals surface area contributed by atoms with Gasteiger partial charge in [-0.05, 0) is 36.4 Å². The number of pyridine rings is 4. The lowest BCUT2D eigenvalue weighted by molar-refractivity contribution is 1.07. The third-order valence-electron chi connectivity index (χ3n) is 7.07. The molecule has 8 rings (SSSR count). The number of fused-ring (bicyclic) bond motifs is 5. The molecule has 192 valence electrons. The number of imidazole rings is 1. The van der Waals surface area contributed by atoms with Gasteiger partial charge in [-0.2, -0.15) is 0 Å². The quantitative estimate of drug-likeness (QED) is 0.251. The second-order valence-corrected chi connectivity index (χ2v) is 9.58. The minimum Gasteiger partial charge on any atom is -0.284 e. The van der Waals surface area contributed by atoms with Gasteiger partial charge in [0.15, 0.2) is 23.1 Å². The maximum absolute atomic E-state index is 5.12. The van der Waals surface area contributed by atoms with Crippen LogP contribution in [0, 0.1) is 0 Å². The fraction of sp³-hybridized carbons (Fsp3) is 0. The van der Waals surface area contributed by atoms with E-state index in [0.717, 1.165) is 55.5 Å². The number of nitrogens with zero attached hydrogens (tertiary/aromatic N) is 8. The van der Waals surface area contributed by atoms with Gasteiger partial charge in [-0.15, -0.1) is 0 Å². The van der Waals surface area contributed by atoms with Crippen LogP contribution >= 0.6 is 0 Å². The van der Waals surface area contributed by atoms with E-state index >= 15 is 0 Å². The Bertz CT molecular complexity index is 2130. The summed E-state index contributed by atoms with van der Waals surface area (Å²) in [4.78, 5) is 32.7. The van der Waals surface area contributed by atoms with Crippen LogP contribution in [-0.4, -0.2) is 39.3 Å². The van der Waals surface area contributed by atoms with Crippen LogP contribution in [0.5, 0.6) is 0 Å². The Morgan fingerprint density at radius 2 is 1.15 bits per heavy atom. The van der Waals surface area contributed by atoms with Crippen molar-refractivity contribution in [2.45, 2.75) is 0 Å². The first kappa shape index (κ1) is 23.0. The number of benzene rings is 2. The second-order valence-electron chi connectivity index (χ2n) is 9.58. The third kappa shape index (κ3) is 3.97. The van der Waals surface area contributed by atoms with Crippen LogP contribution in [0.25, 0.3) is 73.0 Å². The van der Waals surface area contributed by atoms with Gasteiger partial charge < -0.3 is 0 Å². The SMILES string of the molecule is c1cncc(-c2nc(-c3ccncc3)nc(-c3ccc(-c4nc5c(nc6ccccn65)c5ccccc45)cc3)n2)c1. The summed E-state index contributed by atoms with van der Waals surface area (Å²) in [5.41, 5.74) is 7.04. The molecule has 6 aromatic heterocycles. The van der Waals surface area contributed by atoms with Crippen molar-refractivity contribution in [1.82, 2.24) is 39.3 Å². The summed E-state index contributed by atoms with van der Waals surface area (Å²) in [6.07, 6.45) is 8.95. The molecule has 2 aromatic carbocycles. The van der Waals surface area contributed by atoms with Crippen LogP contribution in [0.2, 0.25) is 0 Å². The molecular formula is C33H20N8. The second kappa shape index (κ2) is 9.39. The summed E-state index contributed by atoms with van der Waals surface area (Å²) in [5, 5.41) is 2.12. The monoisotopic (exact) mass is 528 g/mol. The predicted molar refractivity (Wildman–Crippen MR) is 159 cm³/mol. The highest BCUT2D eigenvalue weighted by atomic mass is 15.1. The van der Waals surface area contributed by atoms with E-state index in [0.29, 0.717) is 17.5 Å². The molecular weight excluding hydrogens is 508 g/mol. The molecule has 0 aliphatic carbocycles. The van der Waals surface area contributed by atoms with E-state index in [-0.39, 0.29) is 0 Å². The van der Waals surface area contributed by atoms with Crippen molar-refractivity contribution in [3.05, 3.63) is 122 Å². The highest BCUT2D eigenvalue weighted by Crippen LogP contribution is 2.33. The molecule has 6 heterocycles. The molecule has 0 amide bonds. The first-order valence-electron chi connectivity index (χ1n) is 13.1. The maximum atomic E-state index is 5.12. The third-order valence-corrected chi connectivity index (χ3v) is 7.07. The predicted octanol–water partition coefficient (Wildman–Crippen LogP) is 6.68. The van der Waals surface area contributed by atoms with Crippen molar-refractivity contribution in [2.24, 2.45) is 0 Å². The number of aromatic nitrogens is 8. The number of hydrogen-bond acceptors (Lipinski definition) is 7. The summed E-state index contributed by atoms with van der Waals surface area (Å²) in [6.45, 7) is 0. The van der Waals surface area contributed by atoms with Crippen molar-refractivity contribution in [2.75, 3.05) is 0 Å². The standard InChI is InChI=1S/C33H20N8/c1-2-8-26-25(7-1)28(37-33-29(26)36-27-9-3-4-19-41(27)33)21-10-12-22(13-11-21)30-38-31(23-14-17-34-18-15-23)40-32(39-30)24-6-5-16-35-20-24/h1-20H. The Morgan fingerprint density at radius 1 is 0.463 bits per heavy atom. The van der Waals surface area contributed by atoms with Crippen LogP contribution < -0.4 is 0 Å². The van der Waals surface area contributed by atoms with E-state index in [2.05, 4.69) is 34.2 Å². The van der Waals surface area contributed by atoms with Gasteiger partial charge in [0.2, 0.25) is 0 Å². The van der Waals surface area contributed by atoms with E-state index < -0.39 is 0 Å². The average Bonchev–Trinajstić information content (AvgIpc) is 3.44. The molecule has 0 saturated heterocycles. The van der Waals surface area contributed by atoms with Gasteiger partial charge in [0.25, 0.3) is 0 Å². The summed E-state index contributed by atoms with van der Waals surface area (Å²) >= 11 is 0. The van der Waals surface area contributed by atoms with Gasteiger partial charge in [0.1, 0.15) is 11.2 Å². The molecule has 0 unspecified atom stereocenters. The fourth-order valence-corrected chi connectivity index (χ4v) is 5.09. The fourth-order valence-electron chi connectivity index (χ4n) is 5.09. The lowest BCUT2D eigenvalue weighted by Crippen LogP contribution is -2.00. The van der Waals surface area contributed by atoms with Crippen LogP contribution in [0.15, 0.2) is 122 Å². The number of rotatable bonds is 4. The first-order chi connectivity index (χ1) is 20.3. The minimum absolute atomic E-state index is 0.560. The Morgan fingerprint density at radius 3 is 1.90 bits per heavy atom. The Kier molecular flexibility index (Phi) is 5.28. The van der Waals surface area contributed by atoms with Crippen molar-refractivity contribution in [3.8, 4) is 45.4 Å². The summed E-state index contributed by atoms with van der Waals surface area (Å²) in [7, 11) is 0. The molecule has 8 nitrogen and oxygen atoms in total. The lowest BCUT2D eigenvalue weighted by atomic mass is 10.0. The van der Waals surface area contributed by atoms with Crippen LogP contribution in [0.4, 0.5) is 0 Å². The lowest BCUT2D eigenvalue weighted by Gasteiger charge is -2.10. The Labute approximate surface area is 234 Å². The summed E-state index contributed by atoms with van der Waals surface area (Å²) in [6, 6.07) is 30.1. The molecule has 0 fully saturated rings. The zero-order valence-electron chi connectivity index (χ0n) is 21.6. The van der Waals surface area contributed by atoms with Gasteiger partial charge in [-0.1, -0.05) is 54.6 Å². The molecule has 0 aliphatic heterocycles. The van der Waals surface area contributed by atoms with Crippen LogP contribution in [-0.2, 0) is 0 Å². The smallest absolute Gasteiger partial charge is 0.165 e. The molecule has 0 aliphatic rings. The van der Waals surface area contributed by atoms with Gasteiger partial charge in [-0.25, -0.2) is 24.9 Å². The molecule has 41 heavy (non-hydrogen) atoms.